The van der Waals surface area contributed by atoms with Crippen molar-refractivity contribution in [2.75, 3.05) is 24.2 Å². The number of nitrogens with zero attached hydrogens (tertiary/aromatic N) is 2. The number of carbonyl (C=O) groups excluding carboxylic acids is 2. The molecule has 0 aromatic heterocycles. The van der Waals surface area contributed by atoms with E-state index in [9.17, 15) is 18.0 Å². The lowest BCUT2D eigenvalue weighted by molar-refractivity contribution is -0.139. The normalized spacial score (nSPS) is 12.2. The molecule has 0 spiro atoms. The fraction of sp³-hybridized carbons (Fsp3) is 0.364. The molecule has 0 unspecified atom stereocenters. The highest BCUT2D eigenvalue weighted by Crippen LogP contribution is 2.27. The number of likely N-dealkylation sites (N-methyl/N-ethyl adjacent to an activating group) is 1. The molecule has 0 aliphatic heterocycles. The summed E-state index contributed by atoms with van der Waals surface area (Å²) in [5.41, 5.74) is 2.67. The van der Waals surface area contributed by atoms with Gasteiger partial charge in [0.15, 0.2) is 0 Å². The van der Waals surface area contributed by atoms with Gasteiger partial charge in [-0.1, -0.05) is 41.9 Å². The molecule has 7 nitrogen and oxygen atoms in total. The van der Waals surface area contributed by atoms with Gasteiger partial charge in [0.05, 0.1) is 11.9 Å². The second-order valence-electron chi connectivity index (χ2n) is 7.45. The van der Waals surface area contributed by atoms with Gasteiger partial charge < -0.3 is 10.2 Å². The Morgan fingerprint density at radius 3 is 2.19 bits per heavy atom. The van der Waals surface area contributed by atoms with Crippen LogP contribution in [0.4, 0.5) is 5.69 Å². The van der Waals surface area contributed by atoms with Crippen LogP contribution in [-0.2, 0) is 26.2 Å². The van der Waals surface area contributed by atoms with E-state index in [-0.39, 0.29) is 12.5 Å². The van der Waals surface area contributed by atoms with Gasteiger partial charge in [0, 0.05) is 18.6 Å². The summed E-state index contributed by atoms with van der Waals surface area (Å²) in [5, 5.41) is 3.05. The standard InChI is InChI=1S/C22H28ClN3O4S/c1-15-8-6-9-16(2)21(15)26(31(5,29)30)14-20(27)25(17(3)22(28)24-4)13-18-10-7-11-19(23)12-18/h6-12,17H,13-14H2,1-5H3,(H,24,28)/t17-/m0/s1. The van der Waals surface area contributed by atoms with Gasteiger partial charge in [-0.25, -0.2) is 8.42 Å². The Kier molecular flexibility index (Phi) is 8.08. The van der Waals surface area contributed by atoms with Crippen LogP contribution in [0.5, 0.6) is 0 Å². The molecule has 1 atom stereocenters. The molecule has 168 valence electrons. The van der Waals surface area contributed by atoms with Gasteiger partial charge in [-0.15, -0.1) is 0 Å². The Balaban J connectivity index is 2.45. The van der Waals surface area contributed by atoms with Crippen LogP contribution in [0.1, 0.15) is 23.6 Å². The molecule has 0 saturated heterocycles. The molecule has 31 heavy (non-hydrogen) atoms. The van der Waals surface area contributed by atoms with Gasteiger partial charge in [0.2, 0.25) is 21.8 Å². The summed E-state index contributed by atoms with van der Waals surface area (Å²) in [6.07, 6.45) is 1.07. The Bertz CT molecular complexity index is 1050. The highest BCUT2D eigenvalue weighted by Gasteiger charge is 2.30. The fourth-order valence-electron chi connectivity index (χ4n) is 3.40. The van der Waals surface area contributed by atoms with Crippen molar-refractivity contribution in [1.82, 2.24) is 10.2 Å². The molecule has 1 N–H and O–H groups in total. The van der Waals surface area contributed by atoms with E-state index in [1.54, 1.807) is 57.2 Å². The summed E-state index contributed by atoms with van der Waals surface area (Å²) in [4.78, 5) is 27.0. The van der Waals surface area contributed by atoms with Crippen LogP contribution < -0.4 is 9.62 Å². The second-order valence-corrected chi connectivity index (χ2v) is 9.80. The van der Waals surface area contributed by atoms with Crippen LogP contribution in [0.3, 0.4) is 0 Å². The molecular formula is C22H28ClN3O4S. The van der Waals surface area contributed by atoms with Crippen molar-refractivity contribution in [2.45, 2.75) is 33.4 Å². The first kappa shape index (κ1) is 24.7. The van der Waals surface area contributed by atoms with Gasteiger partial charge in [0.1, 0.15) is 12.6 Å². The molecule has 2 aromatic rings. The fourth-order valence-corrected chi connectivity index (χ4v) is 4.58. The van der Waals surface area contributed by atoms with Gasteiger partial charge in [-0.3, -0.25) is 13.9 Å². The lowest BCUT2D eigenvalue weighted by Crippen LogP contribution is -2.50. The van der Waals surface area contributed by atoms with E-state index in [1.807, 2.05) is 6.07 Å². The monoisotopic (exact) mass is 465 g/mol. The zero-order chi connectivity index (χ0) is 23.3. The zero-order valence-corrected chi connectivity index (χ0v) is 19.9. The SMILES string of the molecule is CNC(=O)[C@H](C)N(Cc1cccc(Cl)c1)C(=O)CN(c1c(C)cccc1C)S(C)(=O)=O. The van der Waals surface area contributed by atoms with Crippen LogP contribution >= 0.6 is 11.6 Å². The zero-order valence-electron chi connectivity index (χ0n) is 18.3. The number of rotatable bonds is 8. The first-order valence-corrected chi connectivity index (χ1v) is 12.0. The average molecular weight is 466 g/mol. The van der Waals surface area contributed by atoms with Crippen molar-refractivity contribution in [2.24, 2.45) is 0 Å². The lowest BCUT2D eigenvalue weighted by Gasteiger charge is -2.32. The third kappa shape index (κ3) is 6.21. The number of nitrogens with one attached hydrogen (secondary N) is 1. The number of aryl methyl sites for hydroxylation is 2. The third-order valence-corrected chi connectivity index (χ3v) is 6.37. The highest BCUT2D eigenvalue weighted by atomic mass is 35.5. The summed E-state index contributed by atoms with van der Waals surface area (Å²) >= 11 is 6.07. The summed E-state index contributed by atoms with van der Waals surface area (Å²) in [7, 11) is -2.27. The van der Waals surface area contributed by atoms with E-state index in [4.69, 9.17) is 11.6 Å². The molecule has 0 fully saturated rings. The first-order valence-electron chi connectivity index (χ1n) is 9.75. The average Bonchev–Trinajstić information content (AvgIpc) is 2.69. The van der Waals surface area contributed by atoms with Gasteiger partial charge in [-0.05, 0) is 49.6 Å². The number of halogens is 1. The van der Waals surface area contributed by atoms with Crippen LogP contribution in [0.2, 0.25) is 5.02 Å². The van der Waals surface area contributed by atoms with Crippen molar-refractivity contribution >= 4 is 39.1 Å². The number of amides is 2. The summed E-state index contributed by atoms with van der Waals surface area (Å²) in [5.74, 6) is -0.850. The summed E-state index contributed by atoms with van der Waals surface area (Å²) in [6, 6.07) is 11.6. The third-order valence-electron chi connectivity index (χ3n) is 5.02. The minimum Gasteiger partial charge on any atom is -0.357 e. The van der Waals surface area contributed by atoms with Crippen LogP contribution in [-0.4, -0.2) is 51.0 Å². The summed E-state index contributed by atoms with van der Waals surface area (Å²) < 4.78 is 26.3. The largest absolute Gasteiger partial charge is 0.357 e. The van der Waals surface area contributed by atoms with Crippen molar-refractivity contribution in [3.63, 3.8) is 0 Å². The molecule has 2 amide bonds. The molecule has 2 aromatic carbocycles. The number of sulfonamides is 1. The van der Waals surface area contributed by atoms with E-state index in [2.05, 4.69) is 5.32 Å². The van der Waals surface area contributed by atoms with Crippen LogP contribution in [0.15, 0.2) is 42.5 Å². The molecule has 0 heterocycles. The van der Waals surface area contributed by atoms with Gasteiger partial charge in [-0.2, -0.15) is 0 Å². The minimum atomic E-state index is -3.76. The smallest absolute Gasteiger partial charge is 0.244 e. The van der Waals surface area contributed by atoms with Gasteiger partial charge >= 0.3 is 0 Å². The number of hydrogen-bond acceptors (Lipinski definition) is 4. The van der Waals surface area contributed by atoms with E-state index < -0.39 is 28.5 Å². The number of anilines is 1. The number of carbonyl (C=O) groups is 2. The molecule has 0 radical (unpaired) electrons. The van der Waals surface area contributed by atoms with Crippen molar-refractivity contribution in [3.8, 4) is 0 Å². The molecule has 9 heteroatoms. The Hall–Kier alpha value is -2.58. The quantitative estimate of drug-likeness (QED) is 0.649. The Labute approximate surface area is 189 Å². The maximum atomic E-state index is 13.4. The Morgan fingerprint density at radius 1 is 1.10 bits per heavy atom. The maximum Gasteiger partial charge on any atom is 0.244 e. The predicted octanol–water partition coefficient (Wildman–Crippen LogP) is 2.89. The minimum absolute atomic E-state index is 0.109. The molecule has 2 rings (SSSR count). The van der Waals surface area contributed by atoms with E-state index in [0.717, 1.165) is 27.3 Å². The van der Waals surface area contributed by atoms with Gasteiger partial charge in [0.25, 0.3) is 0 Å². The molecule has 0 bridgehead atoms. The predicted molar refractivity (Wildman–Crippen MR) is 124 cm³/mol. The maximum absolute atomic E-state index is 13.4. The number of para-hydroxylation sites is 1. The topological polar surface area (TPSA) is 86.8 Å². The van der Waals surface area contributed by atoms with E-state index in [1.165, 1.54) is 11.9 Å². The van der Waals surface area contributed by atoms with Crippen molar-refractivity contribution in [1.29, 1.82) is 0 Å². The van der Waals surface area contributed by atoms with Crippen LogP contribution in [0.25, 0.3) is 0 Å². The second kappa shape index (κ2) is 10.2. The lowest BCUT2D eigenvalue weighted by atomic mass is 10.1. The van der Waals surface area contributed by atoms with Crippen molar-refractivity contribution < 1.29 is 18.0 Å². The molecular weight excluding hydrogens is 438 g/mol. The highest BCUT2D eigenvalue weighted by molar-refractivity contribution is 7.92. The van der Waals surface area contributed by atoms with Crippen LogP contribution in [0, 0.1) is 13.8 Å². The van der Waals surface area contributed by atoms with Crippen molar-refractivity contribution in [3.05, 3.63) is 64.2 Å². The molecule has 0 aliphatic rings. The first-order chi connectivity index (χ1) is 14.5. The number of benzene rings is 2. The number of hydrogen-bond donors (Lipinski definition) is 1. The van der Waals surface area contributed by atoms with E-state index >= 15 is 0 Å². The Morgan fingerprint density at radius 2 is 1.68 bits per heavy atom. The molecule has 0 aliphatic carbocycles. The molecule has 0 saturated carbocycles. The van der Waals surface area contributed by atoms with E-state index in [0.29, 0.717) is 10.7 Å². The summed E-state index contributed by atoms with van der Waals surface area (Å²) in [6.45, 7) is 4.87.